The van der Waals surface area contributed by atoms with Crippen molar-refractivity contribution in [3.8, 4) is 0 Å². The molecule has 0 aliphatic carbocycles. The van der Waals surface area contributed by atoms with Gasteiger partial charge in [0.2, 0.25) is 0 Å². The number of halogens is 1. The summed E-state index contributed by atoms with van der Waals surface area (Å²) in [6.07, 6.45) is 5.12. The SMILES string of the molecule is CCCCCC(C)N.Cl. The van der Waals surface area contributed by atoms with Crippen molar-refractivity contribution in [3.05, 3.63) is 0 Å². The lowest BCUT2D eigenvalue weighted by molar-refractivity contribution is 0.592. The Kier molecular flexibility index (Phi) is 11.0. The Labute approximate surface area is 64.4 Å². The lowest BCUT2D eigenvalue weighted by Gasteiger charge is -2.01. The first-order valence-corrected chi connectivity index (χ1v) is 3.53. The molecule has 2 N–H and O–H groups in total. The third kappa shape index (κ3) is 11.7. The van der Waals surface area contributed by atoms with Gasteiger partial charge in [-0.2, -0.15) is 0 Å². The second kappa shape index (κ2) is 8.25. The molecule has 0 saturated heterocycles. The van der Waals surface area contributed by atoms with Crippen LogP contribution >= 0.6 is 12.4 Å². The van der Waals surface area contributed by atoms with Crippen LogP contribution in [0.3, 0.4) is 0 Å². The molecular formula is C7H18ClN. The molecule has 0 bridgehead atoms. The summed E-state index contributed by atoms with van der Waals surface area (Å²) in [5.41, 5.74) is 5.53. The standard InChI is InChI=1S/C7H17N.ClH/c1-3-4-5-6-7(2)8;/h7H,3-6,8H2,1-2H3;1H. The molecule has 0 spiro atoms. The quantitative estimate of drug-likeness (QED) is 0.614. The summed E-state index contributed by atoms with van der Waals surface area (Å²) in [5.74, 6) is 0. The first kappa shape index (κ1) is 12.0. The Morgan fingerprint density at radius 3 is 2.22 bits per heavy atom. The molecule has 58 valence electrons. The topological polar surface area (TPSA) is 26.0 Å². The minimum Gasteiger partial charge on any atom is -0.328 e. The fraction of sp³-hybridized carbons (Fsp3) is 1.00. The molecule has 0 amide bonds. The van der Waals surface area contributed by atoms with Crippen LogP contribution in [0.5, 0.6) is 0 Å². The van der Waals surface area contributed by atoms with Crippen molar-refractivity contribution in [2.45, 2.75) is 45.6 Å². The molecule has 0 aliphatic heterocycles. The largest absolute Gasteiger partial charge is 0.328 e. The van der Waals surface area contributed by atoms with Crippen molar-refractivity contribution in [1.29, 1.82) is 0 Å². The van der Waals surface area contributed by atoms with Gasteiger partial charge in [-0.25, -0.2) is 0 Å². The summed E-state index contributed by atoms with van der Waals surface area (Å²) in [7, 11) is 0. The van der Waals surface area contributed by atoms with Crippen LogP contribution in [-0.2, 0) is 0 Å². The van der Waals surface area contributed by atoms with E-state index in [0.717, 1.165) is 0 Å². The molecule has 0 aromatic heterocycles. The minimum atomic E-state index is 0. The van der Waals surface area contributed by atoms with Crippen LogP contribution in [0.2, 0.25) is 0 Å². The number of hydrogen-bond donors (Lipinski definition) is 1. The van der Waals surface area contributed by atoms with Crippen molar-refractivity contribution < 1.29 is 0 Å². The van der Waals surface area contributed by atoms with E-state index in [0.29, 0.717) is 6.04 Å². The van der Waals surface area contributed by atoms with Gasteiger partial charge in [0.15, 0.2) is 0 Å². The van der Waals surface area contributed by atoms with Gasteiger partial charge in [0, 0.05) is 6.04 Å². The monoisotopic (exact) mass is 151 g/mol. The summed E-state index contributed by atoms with van der Waals surface area (Å²) in [4.78, 5) is 0. The summed E-state index contributed by atoms with van der Waals surface area (Å²) >= 11 is 0. The Morgan fingerprint density at radius 1 is 1.33 bits per heavy atom. The zero-order valence-corrected chi connectivity index (χ0v) is 7.21. The van der Waals surface area contributed by atoms with Gasteiger partial charge in [-0.1, -0.05) is 26.2 Å². The van der Waals surface area contributed by atoms with Crippen molar-refractivity contribution in [3.63, 3.8) is 0 Å². The number of hydrogen-bond acceptors (Lipinski definition) is 1. The van der Waals surface area contributed by atoms with E-state index in [-0.39, 0.29) is 12.4 Å². The van der Waals surface area contributed by atoms with Gasteiger partial charge in [-0.05, 0) is 13.3 Å². The van der Waals surface area contributed by atoms with Crippen LogP contribution in [0.1, 0.15) is 39.5 Å². The normalized spacial score (nSPS) is 12.3. The molecule has 2 heteroatoms. The van der Waals surface area contributed by atoms with Gasteiger partial charge in [0.25, 0.3) is 0 Å². The molecule has 0 fully saturated rings. The Morgan fingerprint density at radius 2 is 1.89 bits per heavy atom. The zero-order valence-electron chi connectivity index (χ0n) is 6.39. The maximum absolute atomic E-state index is 5.53. The van der Waals surface area contributed by atoms with Crippen molar-refractivity contribution in [2.24, 2.45) is 5.73 Å². The maximum Gasteiger partial charge on any atom is 0.00104 e. The lowest BCUT2D eigenvalue weighted by Crippen LogP contribution is -2.13. The highest BCUT2D eigenvalue weighted by molar-refractivity contribution is 5.85. The summed E-state index contributed by atoms with van der Waals surface area (Å²) in [6.45, 7) is 4.27. The fourth-order valence-electron chi connectivity index (χ4n) is 0.716. The molecule has 0 aliphatic rings. The molecule has 1 nitrogen and oxygen atoms in total. The van der Waals surface area contributed by atoms with Gasteiger partial charge in [-0.3, -0.25) is 0 Å². The number of rotatable bonds is 4. The second-order valence-electron chi connectivity index (χ2n) is 2.47. The van der Waals surface area contributed by atoms with Crippen molar-refractivity contribution in [1.82, 2.24) is 0 Å². The molecular weight excluding hydrogens is 134 g/mol. The molecule has 9 heavy (non-hydrogen) atoms. The number of nitrogens with two attached hydrogens (primary N) is 1. The van der Waals surface area contributed by atoms with E-state index in [9.17, 15) is 0 Å². The average molecular weight is 152 g/mol. The summed E-state index contributed by atoms with van der Waals surface area (Å²) in [5, 5.41) is 0. The van der Waals surface area contributed by atoms with Gasteiger partial charge < -0.3 is 5.73 Å². The molecule has 0 radical (unpaired) electrons. The van der Waals surface area contributed by atoms with Crippen molar-refractivity contribution in [2.75, 3.05) is 0 Å². The fourth-order valence-corrected chi connectivity index (χ4v) is 0.716. The summed E-state index contributed by atoms with van der Waals surface area (Å²) in [6, 6.07) is 0.404. The predicted octanol–water partition coefficient (Wildman–Crippen LogP) is 2.34. The van der Waals surface area contributed by atoms with Gasteiger partial charge in [0.05, 0.1) is 0 Å². The highest BCUT2D eigenvalue weighted by Crippen LogP contribution is 1.99. The van der Waals surface area contributed by atoms with E-state index in [1.54, 1.807) is 0 Å². The smallest absolute Gasteiger partial charge is 0.00104 e. The predicted molar refractivity (Wildman–Crippen MR) is 45.0 cm³/mol. The first-order chi connectivity index (χ1) is 3.77. The van der Waals surface area contributed by atoms with Crippen LogP contribution in [0.15, 0.2) is 0 Å². The summed E-state index contributed by atoms with van der Waals surface area (Å²) < 4.78 is 0. The van der Waals surface area contributed by atoms with Crippen molar-refractivity contribution >= 4 is 12.4 Å². The lowest BCUT2D eigenvalue weighted by atomic mass is 10.1. The Hall–Kier alpha value is 0.250. The zero-order chi connectivity index (χ0) is 6.41. The third-order valence-electron chi connectivity index (χ3n) is 1.26. The van der Waals surface area contributed by atoms with E-state index in [1.165, 1.54) is 25.7 Å². The molecule has 0 rings (SSSR count). The third-order valence-corrected chi connectivity index (χ3v) is 1.26. The molecule has 1 unspecified atom stereocenters. The maximum atomic E-state index is 5.53. The van der Waals surface area contributed by atoms with Crippen LogP contribution in [0, 0.1) is 0 Å². The van der Waals surface area contributed by atoms with Gasteiger partial charge in [-0.15, -0.1) is 12.4 Å². The van der Waals surface area contributed by atoms with E-state index in [1.807, 2.05) is 0 Å². The molecule has 0 aromatic carbocycles. The minimum absolute atomic E-state index is 0. The second-order valence-corrected chi connectivity index (χ2v) is 2.47. The van der Waals surface area contributed by atoms with Crippen LogP contribution in [0.4, 0.5) is 0 Å². The van der Waals surface area contributed by atoms with E-state index in [2.05, 4.69) is 13.8 Å². The van der Waals surface area contributed by atoms with Crippen LogP contribution < -0.4 is 5.73 Å². The molecule has 1 atom stereocenters. The van der Waals surface area contributed by atoms with E-state index >= 15 is 0 Å². The number of unbranched alkanes of at least 4 members (excludes halogenated alkanes) is 2. The van der Waals surface area contributed by atoms with Crippen LogP contribution in [-0.4, -0.2) is 6.04 Å². The first-order valence-electron chi connectivity index (χ1n) is 3.53. The average Bonchev–Trinajstić information content (AvgIpc) is 1.66. The van der Waals surface area contributed by atoms with E-state index in [4.69, 9.17) is 5.73 Å². The van der Waals surface area contributed by atoms with Gasteiger partial charge >= 0.3 is 0 Å². The molecule has 0 heterocycles. The highest BCUT2D eigenvalue weighted by atomic mass is 35.5. The molecule has 0 aromatic rings. The molecule has 0 saturated carbocycles. The highest BCUT2D eigenvalue weighted by Gasteiger charge is 1.90. The van der Waals surface area contributed by atoms with E-state index < -0.39 is 0 Å². The Balaban J connectivity index is 0. The van der Waals surface area contributed by atoms with Crippen LogP contribution in [0.25, 0.3) is 0 Å². The van der Waals surface area contributed by atoms with Gasteiger partial charge in [0.1, 0.15) is 0 Å². The Bertz CT molecular complexity index is 46.2.